The van der Waals surface area contributed by atoms with Gasteiger partial charge in [-0.25, -0.2) is 0 Å². The zero-order valence-electron chi connectivity index (χ0n) is 5.63. The minimum atomic E-state index is -0.0833. The molecule has 0 aliphatic carbocycles. The predicted octanol–water partition coefficient (Wildman–Crippen LogP) is 0.541. The van der Waals surface area contributed by atoms with Crippen LogP contribution in [-0.4, -0.2) is 23.8 Å². The van der Waals surface area contributed by atoms with Crippen LogP contribution in [-0.2, 0) is 0 Å². The highest BCUT2D eigenvalue weighted by Crippen LogP contribution is 2.08. The largest absolute Gasteiger partial charge is 0.391 e. The van der Waals surface area contributed by atoms with E-state index >= 15 is 0 Å². The molecule has 0 bridgehead atoms. The fourth-order valence-electron chi connectivity index (χ4n) is 1.17. The Morgan fingerprint density at radius 3 is 2.56 bits per heavy atom. The van der Waals surface area contributed by atoms with Gasteiger partial charge in [0.2, 0.25) is 0 Å². The average Bonchev–Trinajstić information content (AvgIpc) is 2.14. The maximum atomic E-state index is 9.13. The Kier molecular flexibility index (Phi) is 4.19. The van der Waals surface area contributed by atoms with Crippen molar-refractivity contribution in [2.75, 3.05) is 6.54 Å². The number of rotatable bonds is 1. The Morgan fingerprint density at radius 2 is 2.33 bits per heavy atom. The van der Waals surface area contributed by atoms with Crippen LogP contribution in [0.4, 0.5) is 0 Å². The van der Waals surface area contributed by atoms with Gasteiger partial charge in [0.05, 0.1) is 6.10 Å². The molecule has 0 aromatic heterocycles. The smallest absolute Gasteiger partial charge is 0.0705 e. The maximum Gasteiger partial charge on any atom is 0.0705 e. The SMILES string of the molecule is CC[C@H]1NCC[C@H]1O.Cl. The number of nitrogens with one attached hydrogen (secondary N) is 1. The molecule has 2 nitrogen and oxygen atoms in total. The van der Waals surface area contributed by atoms with Gasteiger partial charge < -0.3 is 10.4 Å². The molecular weight excluding hydrogens is 138 g/mol. The summed E-state index contributed by atoms with van der Waals surface area (Å²) in [5.74, 6) is 0. The summed E-state index contributed by atoms with van der Waals surface area (Å²) in [6.07, 6.45) is 1.89. The van der Waals surface area contributed by atoms with Gasteiger partial charge in [-0.1, -0.05) is 6.92 Å². The Balaban J connectivity index is 0.000000640. The molecule has 1 rings (SSSR count). The van der Waals surface area contributed by atoms with Crippen LogP contribution in [0.2, 0.25) is 0 Å². The van der Waals surface area contributed by atoms with Gasteiger partial charge >= 0.3 is 0 Å². The van der Waals surface area contributed by atoms with E-state index in [-0.39, 0.29) is 18.5 Å². The molecule has 0 saturated carbocycles. The van der Waals surface area contributed by atoms with Gasteiger partial charge in [0, 0.05) is 6.04 Å². The van der Waals surface area contributed by atoms with Crippen LogP contribution in [0.5, 0.6) is 0 Å². The van der Waals surface area contributed by atoms with Gasteiger partial charge in [0.1, 0.15) is 0 Å². The van der Waals surface area contributed by atoms with E-state index in [2.05, 4.69) is 12.2 Å². The Morgan fingerprint density at radius 1 is 1.67 bits per heavy atom. The van der Waals surface area contributed by atoms with Crippen LogP contribution in [0, 0.1) is 0 Å². The van der Waals surface area contributed by atoms with Crippen LogP contribution in [0.1, 0.15) is 19.8 Å². The van der Waals surface area contributed by atoms with Crippen molar-refractivity contribution in [2.24, 2.45) is 0 Å². The van der Waals surface area contributed by atoms with E-state index < -0.39 is 0 Å². The lowest BCUT2D eigenvalue weighted by Gasteiger charge is -2.09. The molecule has 1 aliphatic heterocycles. The second-order valence-electron chi connectivity index (χ2n) is 2.32. The first kappa shape index (κ1) is 9.21. The van der Waals surface area contributed by atoms with Crippen LogP contribution in [0.25, 0.3) is 0 Å². The van der Waals surface area contributed by atoms with Crippen molar-refractivity contribution in [1.82, 2.24) is 5.32 Å². The van der Waals surface area contributed by atoms with Gasteiger partial charge in [-0.15, -0.1) is 12.4 Å². The van der Waals surface area contributed by atoms with E-state index in [0.29, 0.717) is 6.04 Å². The lowest BCUT2D eigenvalue weighted by Crippen LogP contribution is -2.28. The summed E-state index contributed by atoms with van der Waals surface area (Å²) in [5.41, 5.74) is 0. The minimum absolute atomic E-state index is 0. The first-order chi connectivity index (χ1) is 3.84. The van der Waals surface area contributed by atoms with Crippen molar-refractivity contribution < 1.29 is 5.11 Å². The second-order valence-corrected chi connectivity index (χ2v) is 2.32. The maximum absolute atomic E-state index is 9.13. The lowest BCUT2D eigenvalue weighted by atomic mass is 10.1. The first-order valence-corrected chi connectivity index (χ1v) is 3.26. The number of aliphatic hydroxyl groups excluding tert-OH is 1. The van der Waals surface area contributed by atoms with Crippen molar-refractivity contribution in [3.05, 3.63) is 0 Å². The van der Waals surface area contributed by atoms with E-state index in [0.717, 1.165) is 19.4 Å². The molecule has 0 spiro atoms. The van der Waals surface area contributed by atoms with E-state index in [1.54, 1.807) is 0 Å². The van der Waals surface area contributed by atoms with Crippen molar-refractivity contribution in [3.8, 4) is 0 Å². The highest BCUT2D eigenvalue weighted by Gasteiger charge is 2.21. The topological polar surface area (TPSA) is 32.3 Å². The Hall–Kier alpha value is 0.210. The van der Waals surface area contributed by atoms with Crippen molar-refractivity contribution in [3.63, 3.8) is 0 Å². The molecule has 0 radical (unpaired) electrons. The van der Waals surface area contributed by atoms with Gasteiger partial charge in [-0.05, 0) is 19.4 Å². The summed E-state index contributed by atoms with van der Waals surface area (Å²) >= 11 is 0. The molecule has 0 amide bonds. The molecule has 1 fully saturated rings. The Bertz CT molecular complexity index is 79.5. The van der Waals surface area contributed by atoms with Gasteiger partial charge in [-0.2, -0.15) is 0 Å². The lowest BCUT2D eigenvalue weighted by molar-refractivity contribution is 0.157. The Labute approximate surface area is 62.1 Å². The quantitative estimate of drug-likeness (QED) is 0.574. The van der Waals surface area contributed by atoms with Gasteiger partial charge in [-0.3, -0.25) is 0 Å². The van der Waals surface area contributed by atoms with Crippen LogP contribution < -0.4 is 5.32 Å². The molecule has 9 heavy (non-hydrogen) atoms. The third kappa shape index (κ3) is 2.12. The van der Waals surface area contributed by atoms with Crippen molar-refractivity contribution in [2.45, 2.75) is 31.9 Å². The van der Waals surface area contributed by atoms with Gasteiger partial charge in [0.25, 0.3) is 0 Å². The number of hydrogen-bond acceptors (Lipinski definition) is 2. The molecule has 0 aromatic carbocycles. The number of aliphatic hydroxyl groups is 1. The van der Waals surface area contributed by atoms with E-state index in [1.165, 1.54) is 0 Å². The molecule has 3 heteroatoms. The normalized spacial score (nSPS) is 34.0. The molecule has 1 heterocycles. The molecule has 0 unspecified atom stereocenters. The molecule has 0 aromatic rings. The van der Waals surface area contributed by atoms with E-state index in [9.17, 15) is 0 Å². The monoisotopic (exact) mass is 151 g/mol. The molecule has 2 N–H and O–H groups in total. The summed E-state index contributed by atoms with van der Waals surface area (Å²) in [7, 11) is 0. The summed E-state index contributed by atoms with van der Waals surface area (Å²) in [6.45, 7) is 3.08. The predicted molar refractivity (Wildman–Crippen MR) is 40.0 cm³/mol. The number of hydrogen-bond donors (Lipinski definition) is 2. The van der Waals surface area contributed by atoms with E-state index in [1.807, 2.05) is 0 Å². The molecule has 56 valence electrons. The third-order valence-corrected chi connectivity index (χ3v) is 1.75. The average molecular weight is 152 g/mol. The zero-order valence-corrected chi connectivity index (χ0v) is 6.45. The fourth-order valence-corrected chi connectivity index (χ4v) is 1.17. The summed E-state index contributed by atoms with van der Waals surface area (Å²) in [6, 6.07) is 0.370. The summed E-state index contributed by atoms with van der Waals surface area (Å²) in [4.78, 5) is 0. The first-order valence-electron chi connectivity index (χ1n) is 3.26. The summed E-state index contributed by atoms with van der Waals surface area (Å²) < 4.78 is 0. The van der Waals surface area contributed by atoms with E-state index in [4.69, 9.17) is 5.11 Å². The standard InChI is InChI=1S/C6H13NO.ClH/c1-2-5-6(8)3-4-7-5;/h5-8H,2-4H2,1H3;1H/t5-,6-;/m1./s1. The van der Waals surface area contributed by atoms with Gasteiger partial charge in [0.15, 0.2) is 0 Å². The third-order valence-electron chi connectivity index (χ3n) is 1.75. The minimum Gasteiger partial charge on any atom is -0.391 e. The molecule has 1 aliphatic rings. The second kappa shape index (κ2) is 4.09. The van der Waals surface area contributed by atoms with Crippen LogP contribution in [0.3, 0.4) is 0 Å². The van der Waals surface area contributed by atoms with Crippen LogP contribution >= 0.6 is 12.4 Å². The van der Waals surface area contributed by atoms with Crippen molar-refractivity contribution in [1.29, 1.82) is 0 Å². The molecule has 1 saturated heterocycles. The highest BCUT2D eigenvalue weighted by molar-refractivity contribution is 5.85. The summed E-state index contributed by atoms with van der Waals surface area (Å²) in [5, 5.41) is 12.3. The number of halogens is 1. The van der Waals surface area contributed by atoms with Crippen LogP contribution in [0.15, 0.2) is 0 Å². The van der Waals surface area contributed by atoms with Crippen molar-refractivity contribution >= 4 is 12.4 Å². The molecular formula is C6H14ClNO. The zero-order chi connectivity index (χ0) is 5.98. The highest BCUT2D eigenvalue weighted by atomic mass is 35.5. The molecule has 2 atom stereocenters. The fraction of sp³-hybridized carbons (Fsp3) is 1.00.